The molecule has 1 aromatic carbocycles. The van der Waals surface area contributed by atoms with Gasteiger partial charge >= 0.3 is 0 Å². The van der Waals surface area contributed by atoms with Gasteiger partial charge in [0, 0.05) is 36.9 Å². The number of aromatic amines is 1. The minimum atomic E-state index is -0.553. The maximum atomic E-state index is 12.1. The molecular formula is C17H21N5O. The van der Waals surface area contributed by atoms with Crippen molar-refractivity contribution in [3.8, 4) is 0 Å². The smallest absolute Gasteiger partial charge is 0.237 e. The third kappa shape index (κ3) is 3.60. The first-order valence-corrected chi connectivity index (χ1v) is 7.69. The van der Waals surface area contributed by atoms with Crippen LogP contribution >= 0.6 is 0 Å². The lowest BCUT2D eigenvalue weighted by atomic mass is 10.1. The van der Waals surface area contributed by atoms with Crippen LogP contribution in [-0.2, 0) is 24.7 Å². The molecule has 2 aromatic heterocycles. The van der Waals surface area contributed by atoms with Crippen molar-refractivity contribution in [2.75, 3.05) is 6.54 Å². The molecule has 1 atom stereocenters. The SMILES string of the molecule is Cn1cc(CCNC(=O)[C@@H](N)Cc2c[nH]c3ccccc23)cn1. The molecule has 0 radical (unpaired) electrons. The number of carbonyl (C=O) groups excluding carboxylic acids is 1. The van der Waals surface area contributed by atoms with Crippen LogP contribution in [0.1, 0.15) is 11.1 Å². The van der Waals surface area contributed by atoms with Crippen LogP contribution in [0.25, 0.3) is 10.9 Å². The number of amides is 1. The van der Waals surface area contributed by atoms with E-state index in [0.717, 1.165) is 28.5 Å². The summed E-state index contributed by atoms with van der Waals surface area (Å²) >= 11 is 0. The van der Waals surface area contributed by atoms with E-state index in [1.807, 2.05) is 43.7 Å². The van der Waals surface area contributed by atoms with Gasteiger partial charge < -0.3 is 16.0 Å². The molecule has 0 fully saturated rings. The summed E-state index contributed by atoms with van der Waals surface area (Å²) in [5, 5.41) is 8.11. The van der Waals surface area contributed by atoms with E-state index in [2.05, 4.69) is 15.4 Å². The van der Waals surface area contributed by atoms with Gasteiger partial charge in [-0.15, -0.1) is 0 Å². The number of benzene rings is 1. The molecule has 0 aliphatic heterocycles. The Labute approximate surface area is 134 Å². The molecule has 4 N–H and O–H groups in total. The Kier molecular flexibility index (Phi) is 4.43. The molecule has 120 valence electrons. The van der Waals surface area contributed by atoms with Crippen molar-refractivity contribution in [2.45, 2.75) is 18.9 Å². The zero-order valence-electron chi connectivity index (χ0n) is 13.1. The Balaban J connectivity index is 1.53. The third-order valence-electron chi connectivity index (χ3n) is 3.92. The topological polar surface area (TPSA) is 88.7 Å². The molecule has 0 unspecified atom stereocenters. The van der Waals surface area contributed by atoms with Gasteiger partial charge in [0.05, 0.1) is 12.2 Å². The zero-order chi connectivity index (χ0) is 16.2. The summed E-state index contributed by atoms with van der Waals surface area (Å²) in [4.78, 5) is 15.3. The number of nitrogens with two attached hydrogens (primary N) is 1. The summed E-state index contributed by atoms with van der Waals surface area (Å²) in [6.45, 7) is 0.562. The van der Waals surface area contributed by atoms with Crippen molar-refractivity contribution >= 4 is 16.8 Å². The number of H-pyrrole nitrogens is 1. The van der Waals surface area contributed by atoms with Crippen LogP contribution in [0.4, 0.5) is 0 Å². The first-order chi connectivity index (χ1) is 11.1. The minimum absolute atomic E-state index is 0.126. The first-order valence-electron chi connectivity index (χ1n) is 7.69. The van der Waals surface area contributed by atoms with Gasteiger partial charge in [-0.05, 0) is 30.0 Å². The Bertz CT molecular complexity index is 804. The van der Waals surface area contributed by atoms with Crippen molar-refractivity contribution in [1.29, 1.82) is 0 Å². The molecule has 0 saturated carbocycles. The predicted octanol–water partition coefficient (Wildman–Crippen LogP) is 1.13. The lowest BCUT2D eigenvalue weighted by molar-refractivity contribution is -0.122. The molecule has 3 rings (SSSR count). The van der Waals surface area contributed by atoms with E-state index in [4.69, 9.17) is 5.73 Å². The fraction of sp³-hybridized carbons (Fsp3) is 0.294. The Morgan fingerprint density at radius 3 is 3.04 bits per heavy atom. The second-order valence-corrected chi connectivity index (χ2v) is 5.73. The number of aromatic nitrogens is 3. The first kappa shape index (κ1) is 15.3. The molecule has 0 aliphatic rings. The summed E-state index contributed by atoms with van der Waals surface area (Å²) in [7, 11) is 1.87. The molecule has 23 heavy (non-hydrogen) atoms. The summed E-state index contributed by atoms with van der Waals surface area (Å²) in [5.74, 6) is -0.126. The van der Waals surface area contributed by atoms with Crippen LogP contribution in [0, 0.1) is 0 Å². The fourth-order valence-electron chi connectivity index (χ4n) is 2.69. The van der Waals surface area contributed by atoms with Crippen LogP contribution in [0.3, 0.4) is 0 Å². The van der Waals surface area contributed by atoms with Crippen molar-refractivity contribution in [3.05, 3.63) is 54.0 Å². The van der Waals surface area contributed by atoms with E-state index in [-0.39, 0.29) is 5.91 Å². The highest BCUT2D eigenvalue weighted by Gasteiger charge is 2.15. The van der Waals surface area contributed by atoms with Gasteiger partial charge in [-0.1, -0.05) is 18.2 Å². The average Bonchev–Trinajstić information content (AvgIpc) is 3.14. The number of carbonyl (C=O) groups is 1. The molecule has 0 bridgehead atoms. The Morgan fingerprint density at radius 2 is 2.26 bits per heavy atom. The van der Waals surface area contributed by atoms with Gasteiger partial charge in [0.1, 0.15) is 0 Å². The van der Waals surface area contributed by atoms with E-state index >= 15 is 0 Å². The fourth-order valence-corrected chi connectivity index (χ4v) is 2.69. The Hall–Kier alpha value is -2.60. The summed E-state index contributed by atoms with van der Waals surface area (Å²) in [6, 6.07) is 7.46. The van der Waals surface area contributed by atoms with E-state index < -0.39 is 6.04 Å². The Morgan fingerprint density at radius 1 is 1.43 bits per heavy atom. The number of hydrogen-bond donors (Lipinski definition) is 3. The van der Waals surface area contributed by atoms with Crippen molar-refractivity contribution < 1.29 is 4.79 Å². The van der Waals surface area contributed by atoms with E-state index in [0.29, 0.717) is 13.0 Å². The molecule has 3 aromatic rings. The van der Waals surface area contributed by atoms with Crippen LogP contribution < -0.4 is 11.1 Å². The molecule has 6 nitrogen and oxygen atoms in total. The number of rotatable bonds is 6. The number of nitrogens with one attached hydrogen (secondary N) is 2. The van der Waals surface area contributed by atoms with Crippen LogP contribution in [0.15, 0.2) is 42.9 Å². The second-order valence-electron chi connectivity index (χ2n) is 5.73. The molecule has 6 heteroatoms. The molecule has 0 saturated heterocycles. The van der Waals surface area contributed by atoms with Crippen LogP contribution in [0.2, 0.25) is 0 Å². The van der Waals surface area contributed by atoms with Crippen molar-refractivity contribution in [1.82, 2.24) is 20.1 Å². The van der Waals surface area contributed by atoms with E-state index in [1.54, 1.807) is 10.9 Å². The van der Waals surface area contributed by atoms with Crippen LogP contribution in [-0.4, -0.2) is 33.3 Å². The number of fused-ring (bicyclic) bond motifs is 1. The standard InChI is InChI=1S/C17H21N5O/c1-22-11-12(9-21-22)6-7-19-17(23)15(18)8-13-10-20-16-5-3-2-4-14(13)16/h2-5,9-11,15,20H,6-8,18H2,1H3,(H,19,23)/t15-/m0/s1. The maximum absolute atomic E-state index is 12.1. The number of nitrogens with zero attached hydrogens (tertiary/aromatic N) is 2. The summed E-state index contributed by atoms with van der Waals surface area (Å²) in [6.07, 6.45) is 6.94. The average molecular weight is 311 g/mol. The quantitative estimate of drug-likeness (QED) is 0.637. The van der Waals surface area contributed by atoms with Gasteiger partial charge in [-0.2, -0.15) is 5.10 Å². The van der Waals surface area contributed by atoms with Crippen molar-refractivity contribution in [3.63, 3.8) is 0 Å². The van der Waals surface area contributed by atoms with E-state index in [1.165, 1.54) is 0 Å². The van der Waals surface area contributed by atoms with Gasteiger partial charge in [-0.3, -0.25) is 9.48 Å². The number of hydrogen-bond acceptors (Lipinski definition) is 3. The third-order valence-corrected chi connectivity index (χ3v) is 3.92. The largest absolute Gasteiger partial charge is 0.361 e. The zero-order valence-corrected chi connectivity index (χ0v) is 13.1. The van der Waals surface area contributed by atoms with E-state index in [9.17, 15) is 4.79 Å². The van der Waals surface area contributed by atoms with Gasteiger partial charge in [0.2, 0.25) is 5.91 Å². The maximum Gasteiger partial charge on any atom is 0.237 e. The predicted molar refractivity (Wildman–Crippen MR) is 89.9 cm³/mol. The van der Waals surface area contributed by atoms with Crippen LogP contribution in [0.5, 0.6) is 0 Å². The second kappa shape index (κ2) is 6.66. The lowest BCUT2D eigenvalue weighted by Crippen LogP contribution is -2.42. The number of aryl methyl sites for hydroxylation is 1. The van der Waals surface area contributed by atoms with Gasteiger partial charge in [0.25, 0.3) is 0 Å². The monoisotopic (exact) mass is 311 g/mol. The minimum Gasteiger partial charge on any atom is -0.361 e. The van der Waals surface area contributed by atoms with Gasteiger partial charge in [0.15, 0.2) is 0 Å². The molecule has 0 aliphatic carbocycles. The normalized spacial score (nSPS) is 12.4. The molecule has 0 spiro atoms. The lowest BCUT2D eigenvalue weighted by Gasteiger charge is -2.11. The molecule has 1 amide bonds. The summed E-state index contributed by atoms with van der Waals surface area (Å²) in [5.41, 5.74) is 9.26. The number of para-hydroxylation sites is 1. The highest BCUT2D eigenvalue weighted by molar-refractivity contribution is 5.86. The van der Waals surface area contributed by atoms with Crippen molar-refractivity contribution in [2.24, 2.45) is 12.8 Å². The molecule has 2 heterocycles. The van der Waals surface area contributed by atoms with Gasteiger partial charge in [-0.25, -0.2) is 0 Å². The summed E-state index contributed by atoms with van der Waals surface area (Å²) < 4.78 is 1.75. The molecular weight excluding hydrogens is 290 g/mol. The highest BCUT2D eigenvalue weighted by atomic mass is 16.2. The highest BCUT2D eigenvalue weighted by Crippen LogP contribution is 2.18.